The fourth-order valence-electron chi connectivity index (χ4n) is 2.12. The maximum absolute atomic E-state index is 11.8. The number of ketones is 2. The van der Waals surface area contributed by atoms with Crippen molar-refractivity contribution in [3.8, 4) is 0 Å². The second kappa shape index (κ2) is 11.4. The molecule has 16 nitrogen and oxygen atoms in total. The number of aliphatic hydroxyl groups is 5. The van der Waals surface area contributed by atoms with E-state index in [4.69, 9.17) is 9.84 Å². The Morgan fingerprint density at radius 1 is 0.875 bits per heavy atom. The number of hydrogen-bond acceptors (Lipinski definition) is 16. The number of hydrogen-bond donors (Lipinski definition) is 5. The molecule has 0 aromatic rings. The summed E-state index contributed by atoms with van der Waals surface area (Å²) in [6.45, 7) is -0.0958. The molecule has 16 heteroatoms. The minimum absolute atomic E-state index is 0.312. The molecule has 1 aliphatic heterocycles. The highest BCUT2D eigenvalue weighted by atomic mass is 17.2. The average molecular weight is 466 g/mol. The van der Waals surface area contributed by atoms with Crippen molar-refractivity contribution < 1.29 is 78.6 Å². The van der Waals surface area contributed by atoms with Crippen LogP contribution in [0.4, 0.5) is 0 Å². The fraction of sp³-hybridized carbons (Fsp3) is 0.500. The highest BCUT2D eigenvalue weighted by Crippen LogP contribution is 2.31. The predicted molar refractivity (Wildman–Crippen MR) is 88.7 cm³/mol. The van der Waals surface area contributed by atoms with Gasteiger partial charge in [0.25, 0.3) is 0 Å². The topological polar surface area (TPSA) is 250 Å². The van der Waals surface area contributed by atoms with Gasteiger partial charge in [0.05, 0.1) is 13.0 Å². The van der Waals surface area contributed by atoms with Gasteiger partial charge in [-0.25, -0.2) is 38.7 Å². The van der Waals surface area contributed by atoms with Crippen LogP contribution in [0.1, 0.15) is 13.3 Å². The zero-order valence-electron chi connectivity index (χ0n) is 16.1. The van der Waals surface area contributed by atoms with Gasteiger partial charge in [0.2, 0.25) is 17.4 Å². The van der Waals surface area contributed by atoms with Crippen molar-refractivity contribution in [1.29, 1.82) is 0 Å². The Morgan fingerprint density at radius 2 is 1.38 bits per heavy atom. The second-order valence-electron chi connectivity index (χ2n) is 6.15. The number of carbonyl (C=O) groups is 6. The minimum Gasteiger partial charge on any atom is -0.394 e. The molecule has 1 unspecified atom stereocenters. The molecular weight excluding hydrogens is 448 g/mol. The summed E-state index contributed by atoms with van der Waals surface area (Å²) in [5.74, 6) is -12.0. The van der Waals surface area contributed by atoms with E-state index in [0.717, 1.165) is 6.92 Å². The van der Waals surface area contributed by atoms with Crippen LogP contribution in [0.25, 0.3) is 0 Å². The molecule has 1 heterocycles. The smallest absolute Gasteiger partial charge is 0.394 e. The van der Waals surface area contributed by atoms with Gasteiger partial charge in [-0.15, -0.1) is 0 Å². The van der Waals surface area contributed by atoms with Gasteiger partial charge >= 0.3 is 23.9 Å². The molecule has 0 aromatic heterocycles. The number of ether oxygens (including phenoxy) is 1. The molecule has 1 aliphatic rings. The third kappa shape index (κ3) is 7.15. The largest absolute Gasteiger partial charge is 0.421 e. The van der Waals surface area contributed by atoms with Crippen molar-refractivity contribution in [3.63, 3.8) is 0 Å². The molecule has 0 amide bonds. The lowest BCUT2D eigenvalue weighted by Crippen LogP contribution is -2.65. The molecule has 0 aliphatic carbocycles. The molecule has 5 atom stereocenters. The SMILES string of the molecule is CC(=O)C(=O)OOC(=O)/C=C\C(=O)OOC(=O)C(=O)CC1(O)O[C@H](CO)[C@@H](O)[C@H](O)[C@H]1O. The van der Waals surface area contributed by atoms with Crippen LogP contribution in [0.2, 0.25) is 0 Å². The molecule has 0 saturated carbocycles. The summed E-state index contributed by atoms with van der Waals surface area (Å²) in [5, 5.41) is 48.3. The Labute approximate surface area is 177 Å². The summed E-state index contributed by atoms with van der Waals surface area (Å²) < 4.78 is 4.77. The summed E-state index contributed by atoms with van der Waals surface area (Å²) in [4.78, 5) is 82.5. The van der Waals surface area contributed by atoms with Gasteiger partial charge in [-0.1, -0.05) is 0 Å². The maximum Gasteiger partial charge on any atom is 0.421 e. The molecule has 1 rings (SSSR count). The van der Waals surface area contributed by atoms with Crippen LogP contribution in [0.3, 0.4) is 0 Å². The summed E-state index contributed by atoms with van der Waals surface area (Å²) in [5.41, 5.74) is 0. The lowest BCUT2D eigenvalue weighted by molar-refractivity contribution is -0.348. The lowest BCUT2D eigenvalue weighted by Gasteiger charge is -2.44. The van der Waals surface area contributed by atoms with Gasteiger partial charge in [0.15, 0.2) is 0 Å². The normalized spacial score (nSPS) is 27.3. The van der Waals surface area contributed by atoms with Gasteiger partial charge in [0.1, 0.15) is 24.4 Å². The molecule has 0 aromatic carbocycles. The first kappa shape index (κ1) is 26.8. The van der Waals surface area contributed by atoms with E-state index in [1.807, 2.05) is 0 Å². The Kier molecular flexibility index (Phi) is 9.51. The van der Waals surface area contributed by atoms with Gasteiger partial charge in [0, 0.05) is 19.1 Å². The zero-order chi connectivity index (χ0) is 24.6. The molecule has 5 N–H and O–H groups in total. The first-order chi connectivity index (χ1) is 14.8. The Balaban J connectivity index is 2.55. The third-order valence-corrected chi connectivity index (χ3v) is 3.74. The minimum atomic E-state index is -2.91. The van der Waals surface area contributed by atoms with Crippen LogP contribution >= 0.6 is 0 Å². The van der Waals surface area contributed by atoms with E-state index in [-0.39, 0.29) is 0 Å². The highest BCUT2D eigenvalue weighted by molar-refractivity contribution is 6.33. The molecule has 1 fully saturated rings. The molecule has 1 saturated heterocycles. The molecule has 178 valence electrons. The van der Waals surface area contributed by atoms with E-state index in [9.17, 15) is 49.2 Å². The first-order valence-corrected chi connectivity index (χ1v) is 8.44. The molecule has 0 radical (unpaired) electrons. The average Bonchev–Trinajstić information content (AvgIpc) is 2.75. The van der Waals surface area contributed by atoms with Crippen molar-refractivity contribution in [2.45, 2.75) is 43.5 Å². The quantitative estimate of drug-likeness (QED) is 0.102. The number of carbonyl (C=O) groups excluding carboxylic acids is 6. The second-order valence-corrected chi connectivity index (χ2v) is 6.15. The van der Waals surface area contributed by atoms with Crippen LogP contribution in [0.5, 0.6) is 0 Å². The van der Waals surface area contributed by atoms with E-state index in [2.05, 4.69) is 19.6 Å². The molecule has 0 bridgehead atoms. The van der Waals surface area contributed by atoms with Crippen molar-refractivity contribution in [3.05, 3.63) is 12.2 Å². The van der Waals surface area contributed by atoms with Crippen molar-refractivity contribution >= 4 is 35.4 Å². The fourth-order valence-corrected chi connectivity index (χ4v) is 2.12. The molecule has 0 spiro atoms. The van der Waals surface area contributed by atoms with Crippen LogP contribution in [-0.4, -0.2) is 97.8 Å². The van der Waals surface area contributed by atoms with Gasteiger partial charge in [-0.2, -0.15) is 0 Å². The maximum atomic E-state index is 11.8. The predicted octanol–water partition coefficient (Wildman–Crippen LogP) is -4.74. The lowest BCUT2D eigenvalue weighted by atomic mass is 9.89. The van der Waals surface area contributed by atoms with Crippen LogP contribution in [0, 0.1) is 0 Å². The van der Waals surface area contributed by atoms with Gasteiger partial charge in [-0.05, 0) is 0 Å². The number of aliphatic hydroxyl groups excluding tert-OH is 4. The summed E-state index contributed by atoms with van der Waals surface area (Å²) in [6, 6.07) is 0. The first-order valence-electron chi connectivity index (χ1n) is 8.44. The van der Waals surface area contributed by atoms with E-state index < -0.39 is 78.7 Å². The van der Waals surface area contributed by atoms with Gasteiger partial charge in [-0.3, -0.25) is 9.59 Å². The zero-order valence-corrected chi connectivity index (χ0v) is 16.1. The standard InChI is InChI=1S/C16H18O16/c1-6(18)14(25)31-29-9(20)2-3-10(21)30-32-15(26)7(19)4-16(27)13(24)12(23)11(22)8(5-17)28-16/h2-3,8,11-13,17,22-24,27H,4-5H2,1H3/b3-2-/t8-,11-,12+,13-,16?/m1/s1. The van der Waals surface area contributed by atoms with E-state index in [0.29, 0.717) is 12.2 Å². The number of rotatable bonds is 7. The summed E-state index contributed by atoms with van der Waals surface area (Å²) >= 11 is 0. The Hall–Kier alpha value is -3.28. The third-order valence-electron chi connectivity index (χ3n) is 3.74. The summed E-state index contributed by atoms with van der Waals surface area (Å²) in [7, 11) is 0. The van der Waals surface area contributed by atoms with Crippen molar-refractivity contribution in [2.75, 3.05) is 6.61 Å². The van der Waals surface area contributed by atoms with Crippen LogP contribution in [-0.2, 0) is 53.1 Å². The van der Waals surface area contributed by atoms with Gasteiger partial charge < -0.3 is 30.3 Å². The van der Waals surface area contributed by atoms with E-state index in [1.54, 1.807) is 0 Å². The Bertz CT molecular complexity index is 800. The van der Waals surface area contributed by atoms with E-state index >= 15 is 0 Å². The summed E-state index contributed by atoms with van der Waals surface area (Å²) in [6.07, 6.45) is -8.44. The number of Topliss-reactive ketones (excluding diaryl/α,β-unsaturated/α-hetero) is 2. The molecule has 32 heavy (non-hydrogen) atoms. The monoisotopic (exact) mass is 466 g/mol. The van der Waals surface area contributed by atoms with E-state index in [1.165, 1.54) is 0 Å². The molecular formula is C16H18O16. The highest BCUT2D eigenvalue weighted by Gasteiger charge is 2.54. The van der Waals surface area contributed by atoms with Crippen molar-refractivity contribution in [1.82, 2.24) is 0 Å². The van der Waals surface area contributed by atoms with Crippen molar-refractivity contribution in [2.24, 2.45) is 0 Å². The van der Waals surface area contributed by atoms with Crippen LogP contribution in [0.15, 0.2) is 12.2 Å². The van der Waals surface area contributed by atoms with Crippen LogP contribution < -0.4 is 0 Å². The Morgan fingerprint density at radius 3 is 1.84 bits per heavy atom.